The van der Waals surface area contributed by atoms with E-state index in [2.05, 4.69) is 26.1 Å². The number of esters is 1. The number of rotatable bonds is 6. The van der Waals surface area contributed by atoms with Gasteiger partial charge in [0.25, 0.3) is 0 Å². The molecule has 6 heteroatoms. The lowest BCUT2D eigenvalue weighted by Crippen LogP contribution is -2.50. The largest absolute Gasteiger partial charge is 0.465 e. The van der Waals surface area contributed by atoms with Crippen molar-refractivity contribution in [2.45, 2.75) is 71.4 Å². The Morgan fingerprint density at radius 2 is 1.97 bits per heavy atom. The first-order valence-electron chi connectivity index (χ1n) is 12.2. The first-order valence-corrected chi connectivity index (χ1v) is 12.2. The highest BCUT2D eigenvalue weighted by Gasteiger charge is 2.55. The third-order valence-electron chi connectivity index (χ3n) is 7.57. The maximum Gasteiger partial charge on any atom is 0.323 e. The number of carbonyl (C=O) groups is 2. The van der Waals surface area contributed by atoms with Crippen LogP contribution in [-0.4, -0.2) is 43.4 Å². The summed E-state index contributed by atoms with van der Waals surface area (Å²) in [6.07, 6.45) is 2.43. The summed E-state index contributed by atoms with van der Waals surface area (Å²) in [7, 11) is 0. The van der Waals surface area contributed by atoms with E-state index in [9.17, 15) is 9.59 Å². The number of hydrogen-bond acceptors (Lipinski definition) is 6. The number of nitrogens with one attached hydrogen (secondary N) is 1. The second-order valence-electron chi connectivity index (χ2n) is 10.0. The van der Waals surface area contributed by atoms with Gasteiger partial charge in [-0.1, -0.05) is 57.5 Å². The molecule has 32 heavy (non-hydrogen) atoms. The number of ketones is 1. The fraction of sp³-hybridized carbons (Fsp3) is 0.692. The summed E-state index contributed by atoms with van der Waals surface area (Å²) in [5.74, 6) is 0.478. The van der Waals surface area contributed by atoms with Gasteiger partial charge in [0.15, 0.2) is 5.78 Å². The molecule has 1 N–H and O–H groups in total. The van der Waals surface area contributed by atoms with Gasteiger partial charge in [0.05, 0.1) is 19.3 Å². The molecule has 1 aromatic carbocycles. The molecule has 0 aromatic heterocycles. The average Bonchev–Trinajstić information content (AvgIpc) is 3.17. The molecule has 176 valence electrons. The van der Waals surface area contributed by atoms with Gasteiger partial charge in [0.1, 0.15) is 6.04 Å². The summed E-state index contributed by atoms with van der Waals surface area (Å²) in [4.78, 5) is 26.4. The lowest BCUT2D eigenvalue weighted by molar-refractivity contribution is -0.220. The van der Waals surface area contributed by atoms with Crippen LogP contribution in [0.1, 0.15) is 58.6 Å². The van der Waals surface area contributed by atoms with E-state index in [-0.39, 0.29) is 35.7 Å². The predicted octanol–water partition coefficient (Wildman–Crippen LogP) is 3.90. The van der Waals surface area contributed by atoms with E-state index in [1.165, 1.54) is 6.42 Å². The Balaban J connectivity index is 1.56. The minimum Gasteiger partial charge on any atom is -0.465 e. The van der Waals surface area contributed by atoms with E-state index in [1.54, 1.807) is 6.92 Å². The monoisotopic (exact) mass is 443 g/mol. The van der Waals surface area contributed by atoms with E-state index in [4.69, 9.17) is 14.2 Å². The number of Topliss-reactive ketones (excluding diaryl/α,β-unsaturated/α-hetero) is 1. The van der Waals surface area contributed by atoms with Crippen LogP contribution in [0, 0.1) is 29.6 Å². The molecule has 4 rings (SSSR count). The molecule has 0 bridgehead atoms. The summed E-state index contributed by atoms with van der Waals surface area (Å²) in [5, 5.41) is 3.39. The Bertz CT molecular complexity index is 797. The van der Waals surface area contributed by atoms with E-state index in [1.807, 2.05) is 30.3 Å². The topological polar surface area (TPSA) is 73.9 Å². The number of hydrogen-bond donors (Lipinski definition) is 1. The SMILES string of the molecule is CCOC(=O)[C@H]1N[C@@H](c2ccccc2)[C@H]2C(=O)[C@H](O[C@@H]3C[C@H](C)CC[C@H]3C(C)C)OC[C@H]21. The Morgan fingerprint density at radius 3 is 2.66 bits per heavy atom. The van der Waals surface area contributed by atoms with Gasteiger partial charge >= 0.3 is 5.97 Å². The summed E-state index contributed by atoms with van der Waals surface area (Å²) < 4.78 is 17.7. The second-order valence-corrected chi connectivity index (χ2v) is 10.0. The Kier molecular flexibility index (Phi) is 7.33. The van der Waals surface area contributed by atoms with Crippen LogP contribution in [0.2, 0.25) is 0 Å². The van der Waals surface area contributed by atoms with Gasteiger partial charge in [0, 0.05) is 17.9 Å². The zero-order valence-corrected chi connectivity index (χ0v) is 19.7. The van der Waals surface area contributed by atoms with Crippen molar-refractivity contribution in [2.75, 3.05) is 13.2 Å². The van der Waals surface area contributed by atoms with Crippen LogP contribution in [0.3, 0.4) is 0 Å². The van der Waals surface area contributed by atoms with E-state index in [0.29, 0.717) is 31.0 Å². The molecule has 1 aliphatic carbocycles. The Labute approximate surface area is 191 Å². The Morgan fingerprint density at radius 1 is 1.22 bits per heavy atom. The second kappa shape index (κ2) is 10.0. The van der Waals surface area contributed by atoms with Crippen LogP contribution >= 0.6 is 0 Å². The van der Waals surface area contributed by atoms with Crippen LogP contribution in [0.5, 0.6) is 0 Å². The van der Waals surface area contributed by atoms with Crippen molar-refractivity contribution < 1.29 is 23.8 Å². The molecule has 2 saturated heterocycles. The highest BCUT2D eigenvalue weighted by molar-refractivity contribution is 5.89. The number of ether oxygens (including phenoxy) is 3. The zero-order chi connectivity index (χ0) is 22.8. The molecule has 1 saturated carbocycles. The van der Waals surface area contributed by atoms with Crippen LogP contribution in [-0.2, 0) is 23.8 Å². The first-order chi connectivity index (χ1) is 15.4. The van der Waals surface area contributed by atoms with Crippen LogP contribution in [0.25, 0.3) is 0 Å². The zero-order valence-electron chi connectivity index (χ0n) is 19.7. The maximum absolute atomic E-state index is 13.7. The number of benzene rings is 1. The maximum atomic E-state index is 13.7. The highest BCUT2D eigenvalue weighted by atomic mass is 16.7. The molecule has 0 unspecified atom stereocenters. The Hall–Kier alpha value is -1.76. The molecule has 3 aliphatic rings. The third-order valence-corrected chi connectivity index (χ3v) is 7.57. The fourth-order valence-corrected chi connectivity index (χ4v) is 5.86. The predicted molar refractivity (Wildman–Crippen MR) is 121 cm³/mol. The fourth-order valence-electron chi connectivity index (χ4n) is 5.86. The van der Waals surface area contributed by atoms with Gasteiger partial charge < -0.3 is 14.2 Å². The lowest BCUT2D eigenvalue weighted by atomic mass is 9.75. The van der Waals surface area contributed by atoms with Gasteiger partial charge in [-0.15, -0.1) is 0 Å². The van der Waals surface area contributed by atoms with Crippen LogP contribution < -0.4 is 5.32 Å². The third kappa shape index (κ3) is 4.63. The van der Waals surface area contributed by atoms with Crippen molar-refractivity contribution in [3.63, 3.8) is 0 Å². The van der Waals surface area contributed by atoms with Crippen molar-refractivity contribution in [1.82, 2.24) is 5.32 Å². The minimum absolute atomic E-state index is 0.0228. The molecule has 6 nitrogen and oxygen atoms in total. The van der Waals surface area contributed by atoms with Crippen LogP contribution in [0.4, 0.5) is 0 Å². The van der Waals surface area contributed by atoms with Gasteiger partial charge in [-0.25, -0.2) is 0 Å². The van der Waals surface area contributed by atoms with Crippen molar-refractivity contribution in [1.29, 1.82) is 0 Å². The van der Waals surface area contributed by atoms with Crippen molar-refractivity contribution in [3.05, 3.63) is 35.9 Å². The molecule has 0 amide bonds. The smallest absolute Gasteiger partial charge is 0.323 e. The molecule has 8 atom stereocenters. The highest BCUT2D eigenvalue weighted by Crippen LogP contribution is 2.43. The lowest BCUT2D eigenvalue weighted by Gasteiger charge is -2.41. The summed E-state index contributed by atoms with van der Waals surface area (Å²) in [5.41, 5.74) is 0.995. The average molecular weight is 444 g/mol. The van der Waals surface area contributed by atoms with E-state index in [0.717, 1.165) is 18.4 Å². The minimum atomic E-state index is -0.873. The molecule has 2 heterocycles. The van der Waals surface area contributed by atoms with Crippen molar-refractivity contribution >= 4 is 11.8 Å². The molecular formula is C26H37NO5. The van der Waals surface area contributed by atoms with Gasteiger partial charge in [-0.2, -0.15) is 0 Å². The molecule has 0 spiro atoms. The molecular weight excluding hydrogens is 406 g/mol. The molecule has 2 aliphatic heterocycles. The molecule has 1 aromatic rings. The van der Waals surface area contributed by atoms with E-state index < -0.39 is 12.3 Å². The van der Waals surface area contributed by atoms with Crippen LogP contribution in [0.15, 0.2) is 30.3 Å². The quantitative estimate of drug-likeness (QED) is 0.673. The van der Waals surface area contributed by atoms with Gasteiger partial charge in [0.2, 0.25) is 6.29 Å². The number of carbonyl (C=O) groups excluding carboxylic acids is 2. The van der Waals surface area contributed by atoms with Gasteiger partial charge in [-0.05, 0) is 43.1 Å². The first kappa shape index (κ1) is 23.4. The van der Waals surface area contributed by atoms with E-state index >= 15 is 0 Å². The number of fused-ring (bicyclic) bond motifs is 1. The van der Waals surface area contributed by atoms with Crippen molar-refractivity contribution in [3.8, 4) is 0 Å². The summed E-state index contributed by atoms with van der Waals surface area (Å²) in [6.45, 7) is 9.11. The van der Waals surface area contributed by atoms with Gasteiger partial charge in [-0.3, -0.25) is 14.9 Å². The molecule has 3 fully saturated rings. The molecule has 0 radical (unpaired) electrons. The van der Waals surface area contributed by atoms with Crippen molar-refractivity contribution in [2.24, 2.45) is 29.6 Å². The normalized spacial score (nSPS) is 37.3. The summed E-state index contributed by atoms with van der Waals surface area (Å²) >= 11 is 0. The standard InChI is InChI=1S/C26H37NO5/c1-5-30-25(29)23-19-14-31-26(32-20-13-16(4)11-12-18(20)15(2)3)24(28)21(19)22(27-23)17-9-7-6-8-10-17/h6-10,15-16,18-23,26-27H,5,11-14H2,1-4H3/t16-,18+,19-,20-,21+,22+,23+,26+/m1/s1. The summed E-state index contributed by atoms with van der Waals surface area (Å²) in [6, 6.07) is 9.04.